The Bertz CT molecular complexity index is 378. The maximum absolute atomic E-state index is 12.7. The Kier molecular flexibility index (Phi) is 5.09. The zero-order valence-corrected chi connectivity index (χ0v) is 10.4. The molecule has 18 heavy (non-hydrogen) atoms. The number of methoxy groups -OCH3 is 1. The van der Waals surface area contributed by atoms with Crippen LogP contribution in [0.1, 0.15) is 24.4 Å². The maximum Gasteiger partial charge on any atom is 0.410 e. The van der Waals surface area contributed by atoms with Crippen LogP contribution in [0.5, 0.6) is 0 Å². The number of nitrogens with two attached hydrogens (primary N) is 1. The zero-order valence-electron chi connectivity index (χ0n) is 10.4. The van der Waals surface area contributed by atoms with Crippen LogP contribution in [0.4, 0.5) is 13.2 Å². The zero-order chi connectivity index (χ0) is 13.8. The van der Waals surface area contributed by atoms with Crippen LogP contribution in [-0.4, -0.2) is 41.4 Å². The predicted octanol–water partition coefficient (Wildman–Crippen LogP) is 1.09. The Morgan fingerprint density at radius 2 is 2.06 bits per heavy atom. The third-order valence-corrected chi connectivity index (χ3v) is 2.64. The summed E-state index contributed by atoms with van der Waals surface area (Å²) in [5.74, 6) is 0. The summed E-state index contributed by atoms with van der Waals surface area (Å²) in [5.41, 5.74) is 6.34. The monoisotopic (exact) mass is 266 g/mol. The van der Waals surface area contributed by atoms with E-state index in [1.54, 1.807) is 0 Å². The minimum absolute atomic E-state index is 0.315. The molecule has 0 fully saturated rings. The molecule has 0 saturated carbocycles. The third kappa shape index (κ3) is 3.42. The van der Waals surface area contributed by atoms with Crippen LogP contribution in [0.2, 0.25) is 0 Å². The number of rotatable bonds is 6. The van der Waals surface area contributed by atoms with E-state index in [9.17, 15) is 13.2 Å². The van der Waals surface area contributed by atoms with Crippen molar-refractivity contribution in [2.24, 2.45) is 5.73 Å². The summed E-state index contributed by atoms with van der Waals surface area (Å²) >= 11 is 0. The number of ether oxygens (including phenoxy) is 1. The normalized spacial score (nSPS) is 13.9. The molecule has 1 rings (SSSR count). The van der Waals surface area contributed by atoms with Gasteiger partial charge in [0.2, 0.25) is 0 Å². The van der Waals surface area contributed by atoms with Crippen LogP contribution in [0.15, 0.2) is 0 Å². The molecule has 0 amide bonds. The van der Waals surface area contributed by atoms with Gasteiger partial charge in [-0.1, -0.05) is 5.21 Å². The van der Waals surface area contributed by atoms with E-state index in [1.807, 2.05) is 0 Å². The van der Waals surface area contributed by atoms with Gasteiger partial charge in [-0.05, 0) is 13.5 Å². The lowest BCUT2D eigenvalue weighted by Crippen LogP contribution is -2.26. The van der Waals surface area contributed by atoms with Crippen molar-refractivity contribution in [2.45, 2.75) is 32.0 Å². The van der Waals surface area contributed by atoms with Gasteiger partial charge >= 0.3 is 6.18 Å². The summed E-state index contributed by atoms with van der Waals surface area (Å²) < 4.78 is 43.9. The van der Waals surface area contributed by atoms with Crippen molar-refractivity contribution in [3.05, 3.63) is 11.4 Å². The Balaban J connectivity index is 3.03. The van der Waals surface area contributed by atoms with Crippen LogP contribution < -0.4 is 5.73 Å². The number of hydrogen-bond donors (Lipinski definition) is 1. The Morgan fingerprint density at radius 1 is 1.39 bits per heavy atom. The first-order valence-corrected chi connectivity index (χ1v) is 5.60. The third-order valence-electron chi connectivity index (χ3n) is 2.64. The lowest BCUT2D eigenvalue weighted by Gasteiger charge is -2.18. The first-order valence-electron chi connectivity index (χ1n) is 5.60. The molecule has 1 atom stereocenters. The highest BCUT2D eigenvalue weighted by Crippen LogP contribution is 2.30. The fraction of sp³-hybridized carbons (Fsp3) is 0.800. The summed E-state index contributed by atoms with van der Waals surface area (Å²) in [6.07, 6.45) is -3.61. The molecule has 1 heterocycles. The van der Waals surface area contributed by atoms with E-state index in [1.165, 1.54) is 7.11 Å². The number of alkyl halides is 3. The number of hydrogen-bond acceptors (Lipinski definition) is 4. The van der Waals surface area contributed by atoms with E-state index in [0.717, 1.165) is 11.6 Å². The summed E-state index contributed by atoms with van der Waals surface area (Å²) in [7, 11) is 1.49. The van der Waals surface area contributed by atoms with E-state index < -0.39 is 12.2 Å². The molecule has 0 aliphatic rings. The minimum Gasteiger partial charge on any atom is -0.384 e. The molecule has 1 aromatic rings. The van der Waals surface area contributed by atoms with Gasteiger partial charge in [0.25, 0.3) is 0 Å². The highest BCUT2D eigenvalue weighted by molar-refractivity contribution is 5.12. The summed E-state index contributed by atoms with van der Waals surface area (Å²) in [5, 5.41) is 7.36. The molecule has 0 aromatic carbocycles. The maximum atomic E-state index is 12.7. The van der Waals surface area contributed by atoms with Crippen molar-refractivity contribution in [3.8, 4) is 0 Å². The molecule has 0 spiro atoms. The molecule has 0 aliphatic carbocycles. The highest BCUT2D eigenvalue weighted by atomic mass is 19.4. The van der Waals surface area contributed by atoms with Crippen molar-refractivity contribution in [2.75, 3.05) is 20.3 Å². The van der Waals surface area contributed by atoms with Gasteiger partial charge in [0.15, 0.2) is 0 Å². The predicted molar refractivity (Wildman–Crippen MR) is 59.1 cm³/mol. The van der Waals surface area contributed by atoms with Gasteiger partial charge in [0.05, 0.1) is 18.0 Å². The number of nitrogens with zero attached hydrogens (tertiary/aromatic N) is 3. The molecule has 1 unspecified atom stereocenters. The van der Waals surface area contributed by atoms with Crippen LogP contribution in [0.25, 0.3) is 0 Å². The molecule has 5 nitrogen and oxygen atoms in total. The summed E-state index contributed by atoms with van der Waals surface area (Å²) in [4.78, 5) is 0. The highest BCUT2D eigenvalue weighted by Gasteiger charge is 2.39. The molecule has 0 bridgehead atoms. The molecule has 0 aliphatic heterocycles. The number of halogens is 3. The van der Waals surface area contributed by atoms with Crippen LogP contribution in [0, 0.1) is 0 Å². The average Bonchev–Trinajstić information content (AvgIpc) is 2.67. The SMILES string of the molecule is COCCc1c(CCN)nnn1C(C)C(F)(F)F. The molecule has 104 valence electrons. The van der Waals surface area contributed by atoms with Crippen molar-refractivity contribution >= 4 is 0 Å². The molecule has 0 saturated heterocycles. The molecular formula is C10H17F3N4O. The fourth-order valence-corrected chi connectivity index (χ4v) is 1.58. The Hall–Kier alpha value is -1.15. The Labute approximate surface area is 103 Å². The first kappa shape index (κ1) is 14.9. The Morgan fingerprint density at radius 3 is 2.56 bits per heavy atom. The smallest absolute Gasteiger partial charge is 0.384 e. The first-order chi connectivity index (χ1) is 8.41. The van der Waals surface area contributed by atoms with Crippen LogP contribution in [-0.2, 0) is 17.6 Å². The lowest BCUT2D eigenvalue weighted by atomic mass is 10.2. The summed E-state index contributed by atoms with van der Waals surface area (Å²) in [6, 6.07) is -1.71. The lowest BCUT2D eigenvalue weighted by molar-refractivity contribution is -0.166. The van der Waals surface area contributed by atoms with Crippen molar-refractivity contribution < 1.29 is 17.9 Å². The standard InChI is InChI=1S/C10H17F3N4O/c1-7(10(11,12)13)17-9(4-6-18-2)8(3-5-14)15-16-17/h7H,3-6,14H2,1-2H3. The second kappa shape index (κ2) is 6.14. The topological polar surface area (TPSA) is 66.0 Å². The fourth-order valence-electron chi connectivity index (χ4n) is 1.58. The quantitative estimate of drug-likeness (QED) is 0.837. The molecule has 1 aromatic heterocycles. The van der Waals surface area contributed by atoms with Crippen LogP contribution in [0.3, 0.4) is 0 Å². The molecule has 2 N–H and O–H groups in total. The molecule has 0 radical (unpaired) electrons. The van der Waals surface area contributed by atoms with Gasteiger partial charge < -0.3 is 10.5 Å². The van der Waals surface area contributed by atoms with Crippen LogP contribution >= 0.6 is 0 Å². The van der Waals surface area contributed by atoms with Crippen molar-refractivity contribution in [3.63, 3.8) is 0 Å². The molecular weight excluding hydrogens is 249 g/mol. The van der Waals surface area contributed by atoms with Crippen molar-refractivity contribution in [1.29, 1.82) is 0 Å². The minimum atomic E-state index is -4.35. The van der Waals surface area contributed by atoms with E-state index >= 15 is 0 Å². The van der Waals surface area contributed by atoms with Gasteiger partial charge in [0.1, 0.15) is 6.04 Å². The second-order valence-electron chi connectivity index (χ2n) is 3.93. The van der Waals surface area contributed by atoms with Gasteiger partial charge in [-0.25, -0.2) is 4.68 Å². The van der Waals surface area contributed by atoms with E-state index in [-0.39, 0.29) is 0 Å². The van der Waals surface area contributed by atoms with E-state index in [4.69, 9.17) is 10.5 Å². The van der Waals surface area contributed by atoms with E-state index in [0.29, 0.717) is 37.4 Å². The molecule has 8 heteroatoms. The van der Waals surface area contributed by atoms with Gasteiger partial charge in [0, 0.05) is 20.0 Å². The van der Waals surface area contributed by atoms with E-state index in [2.05, 4.69) is 10.3 Å². The van der Waals surface area contributed by atoms with Gasteiger partial charge in [-0.2, -0.15) is 13.2 Å². The largest absolute Gasteiger partial charge is 0.410 e. The average molecular weight is 266 g/mol. The second-order valence-corrected chi connectivity index (χ2v) is 3.93. The number of aromatic nitrogens is 3. The summed E-state index contributed by atoms with van der Waals surface area (Å²) in [6.45, 7) is 1.69. The van der Waals surface area contributed by atoms with Gasteiger partial charge in [-0.15, -0.1) is 5.10 Å². The van der Waals surface area contributed by atoms with Gasteiger partial charge in [-0.3, -0.25) is 0 Å². The van der Waals surface area contributed by atoms with Crippen molar-refractivity contribution in [1.82, 2.24) is 15.0 Å².